The van der Waals surface area contributed by atoms with Crippen molar-refractivity contribution in [1.82, 2.24) is 0 Å². The molecule has 0 amide bonds. The first-order chi connectivity index (χ1) is 14.9. The molecular weight excluding hydrogens is 432 g/mol. The molecule has 2 aliphatic heterocycles. The van der Waals surface area contributed by atoms with Gasteiger partial charge in [0.2, 0.25) is 0 Å². The van der Waals surface area contributed by atoms with E-state index in [0.29, 0.717) is 0 Å². The van der Waals surface area contributed by atoms with E-state index in [4.69, 9.17) is 23.7 Å². The smallest absolute Gasteiger partial charge is 0.342 e. The molecule has 178 valence electrons. The van der Waals surface area contributed by atoms with Gasteiger partial charge in [-0.1, -0.05) is 39.1 Å². The number of hydrogen-bond acceptors (Lipinski definition) is 9. The van der Waals surface area contributed by atoms with Crippen LogP contribution in [0.2, 0.25) is 0 Å². The fourth-order valence-electron chi connectivity index (χ4n) is 3.56. The Morgan fingerprint density at radius 2 is 1.30 bits per heavy atom. The number of rotatable bonds is 5. The topological polar surface area (TPSA) is 118 Å². The molecule has 1 unspecified atom stereocenters. The average Bonchev–Trinajstić information content (AvgIpc) is 3.31. The monoisotopic (exact) mass is 460 g/mol. The van der Waals surface area contributed by atoms with Gasteiger partial charge in [-0.25, -0.2) is 9.59 Å². The molecule has 2 heterocycles. The van der Waals surface area contributed by atoms with Crippen molar-refractivity contribution in [3.8, 4) is 11.5 Å². The van der Waals surface area contributed by atoms with Gasteiger partial charge in [0.1, 0.15) is 34.8 Å². The van der Waals surface area contributed by atoms with E-state index >= 15 is 0 Å². The summed E-state index contributed by atoms with van der Waals surface area (Å²) < 4.78 is 27.4. The van der Waals surface area contributed by atoms with Crippen LogP contribution in [-0.2, 0) is 23.7 Å². The lowest BCUT2D eigenvalue weighted by molar-refractivity contribution is -0.131. The minimum absolute atomic E-state index is 0. The molecule has 0 saturated carbocycles. The molecule has 9 heteroatoms. The molecule has 0 spiro atoms. The lowest BCUT2D eigenvalue weighted by Crippen LogP contribution is -2.36. The van der Waals surface area contributed by atoms with E-state index < -0.39 is 42.3 Å². The molecule has 33 heavy (non-hydrogen) atoms. The summed E-state index contributed by atoms with van der Waals surface area (Å²) in [5, 5.41) is 9.82. The van der Waals surface area contributed by atoms with Crippen molar-refractivity contribution in [1.29, 1.82) is 0 Å². The van der Waals surface area contributed by atoms with E-state index in [0.717, 1.165) is 0 Å². The van der Waals surface area contributed by atoms with Crippen LogP contribution in [0.1, 0.15) is 42.5 Å². The zero-order valence-corrected chi connectivity index (χ0v) is 16.6. The van der Waals surface area contributed by atoms with E-state index in [1.807, 2.05) is 0 Å². The third-order valence-corrected chi connectivity index (χ3v) is 4.96. The number of carbonyl (C=O) groups excluding carboxylic acids is 3. The molecule has 2 fully saturated rings. The Labute approximate surface area is 192 Å². The van der Waals surface area contributed by atoms with Crippen LogP contribution in [0.15, 0.2) is 48.5 Å². The third-order valence-electron chi connectivity index (χ3n) is 4.96. The van der Waals surface area contributed by atoms with E-state index in [9.17, 15) is 19.5 Å². The minimum atomic E-state index is -0.725. The minimum Gasteiger partial charge on any atom is -0.507 e. The molecule has 2 saturated heterocycles. The molecule has 2 aromatic carbocycles. The highest BCUT2D eigenvalue weighted by Crippen LogP contribution is 2.32. The first-order valence-electron chi connectivity index (χ1n) is 9.64. The van der Waals surface area contributed by atoms with Crippen molar-refractivity contribution in [3.05, 3.63) is 59.7 Å². The van der Waals surface area contributed by atoms with Crippen LogP contribution in [0, 0.1) is 0 Å². The van der Waals surface area contributed by atoms with Crippen LogP contribution < -0.4 is 4.74 Å². The zero-order valence-electron chi connectivity index (χ0n) is 16.6. The molecule has 2 aliphatic rings. The first-order valence-corrected chi connectivity index (χ1v) is 9.64. The second-order valence-corrected chi connectivity index (χ2v) is 7.09. The molecule has 2 aromatic rings. The van der Waals surface area contributed by atoms with Crippen molar-refractivity contribution in [2.24, 2.45) is 0 Å². The van der Waals surface area contributed by atoms with Crippen LogP contribution in [0.4, 0.5) is 0 Å². The van der Waals surface area contributed by atoms with Gasteiger partial charge in [0.25, 0.3) is 0 Å². The highest BCUT2D eigenvalue weighted by molar-refractivity contribution is 5.93. The Morgan fingerprint density at radius 3 is 1.85 bits per heavy atom. The second kappa shape index (κ2) is 10.9. The van der Waals surface area contributed by atoms with Crippen molar-refractivity contribution in [2.75, 3.05) is 13.2 Å². The Hall–Kier alpha value is -3.43. The average molecular weight is 460 g/mol. The number of phenolic OH excluding ortho intramolecular Hbond substituents is 1. The Bertz CT molecular complexity index is 1000. The van der Waals surface area contributed by atoms with Gasteiger partial charge >= 0.3 is 17.9 Å². The highest BCUT2D eigenvalue weighted by Gasteiger charge is 2.51. The number of phenols is 1. The summed E-state index contributed by atoms with van der Waals surface area (Å²) in [6, 6.07) is 12.3. The number of ether oxygens (including phenoxy) is 5. The Kier molecular flexibility index (Phi) is 8.56. The maximum Gasteiger partial charge on any atom is 0.342 e. The van der Waals surface area contributed by atoms with E-state index in [-0.39, 0.29) is 50.7 Å². The van der Waals surface area contributed by atoms with E-state index in [2.05, 4.69) is 0 Å². The number of fused-ring (bicyclic) bond motifs is 1. The SMILES string of the molecule is C.C.CC(=O)Oc1ccccc1C(=O)OC1CO[C@H]2[C@@H]1OC[C@H]2OC(=O)c1ccccc1O. The molecule has 0 aliphatic carbocycles. The van der Waals surface area contributed by atoms with Gasteiger partial charge in [-0.3, -0.25) is 4.79 Å². The molecule has 0 radical (unpaired) electrons. The van der Waals surface area contributed by atoms with Gasteiger partial charge in [0.15, 0.2) is 12.2 Å². The predicted molar refractivity (Wildman–Crippen MR) is 117 cm³/mol. The Morgan fingerprint density at radius 1 is 0.818 bits per heavy atom. The molecule has 4 rings (SSSR count). The number of aromatic hydroxyl groups is 1. The molecular formula is C24H28O9. The summed E-state index contributed by atoms with van der Waals surface area (Å²) >= 11 is 0. The summed E-state index contributed by atoms with van der Waals surface area (Å²) in [6.45, 7) is 1.36. The highest BCUT2D eigenvalue weighted by atomic mass is 16.7. The summed E-state index contributed by atoms with van der Waals surface area (Å²) in [6.07, 6.45) is -2.67. The van der Waals surface area contributed by atoms with Crippen molar-refractivity contribution in [3.63, 3.8) is 0 Å². The summed E-state index contributed by atoms with van der Waals surface area (Å²) in [5.74, 6) is -2.04. The summed E-state index contributed by atoms with van der Waals surface area (Å²) in [5.41, 5.74) is 0.135. The van der Waals surface area contributed by atoms with Gasteiger partial charge in [0.05, 0.1) is 13.2 Å². The van der Waals surface area contributed by atoms with Crippen LogP contribution >= 0.6 is 0 Å². The molecule has 1 N–H and O–H groups in total. The fourth-order valence-corrected chi connectivity index (χ4v) is 3.56. The maximum atomic E-state index is 12.6. The number of esters is 3. The fraction of sp³-hybridized carbons (Fsp3) is 0.375. The first kappa shape index (κ1) is 25.8. The van der Waals surface area contributed by atoms with Crippen LogP contribution in [0.5, 0.6) is 11.5 Å². The lowest BCUT2D eigenvalue weighted by atomic mass is 10.1. The lowest BCUT2D eigenvalue weighted by Gasteiger charge is -2.18. The van der Waals surface area contributed by atoms with Gasteiger partial charge in [-0.2, -0.15) is 0 Å². The van der Waals surface area contributed by atoms with E-state index in [1.54, 1.807) is 24.3 Å². The standard InChI is InChI=1S/C22H20O9.2CH4/c1-12(23)29-16-9-5-3-7-14(16)22(26)31-18-11-28-19-17(10-27-20(18)19)30-21(25)13-6-2-4-8-15(13)24;;/h2-9,17-20,24H,10-11H2,1H3;2*1H4/t17-,18?,19-,20-;;/m1../s1. The third kappa shape index (κ3) is 5.50. The van der Waals surface area contributed by atoms with E-state index in [1.165, 1.54) is 31.2 Å². The Balaban J connectivity index is 0.00000193. The largest absolute Gasteiger partial charge is 0.507 e. The van der Waals surface area contributed by atoms with Crippen LogP contribution in [-0.4, -0.2) is 60.6 Å². The van der Waals surface area contributed by atoms with Crippen LogP contribution in [0.3, 0.4) is 0 Å². The van der Waals surface area contributed by atoms with Crippen molar-refractivity contribution in [2.45, 2.75) is 46.2 Å². The normalized spacial score (nSPS) is 22.8. The van der Waals surface area contributed by atoms with Crippen molar-refractivity contribution >= 4 is 17.9 Å². The molecule has 9 nitrogen and oxygen atoms in total. The number of benzene rings is 2. The maximum absolute atomic E-state index is 12.6. The molecule has 4 atom stereocenters. The number of hydrogen-bond donors (Lipinski definition) is 1. The van der Waals surface area contributed by atoms with Gasteiger partial charge in [-0.05, 0) is 24.3 Å². The predicted octanol–water partition coefficient (Wildman–Crippen LogP) is 3.14. The van der Waals surface area contributed by atoms with Gasteiger partial charge in [0, 0.05) is 6.92 Å². The van der Waals surface area contributed by atoms with Gasteiger partial charge < -0.3 is 28.8 Å². The second-order valence-electron chi connectivity index (χ2n) is 7.09. The van der Waals surface area contributed by atoms with Crippen molar-refractivity contribution < 1.29 is 43.2 Å². The number of para-hydroxylation sites is 2. The van der Waals surface area contributed by atoms with Crippen LogP contribution in [0.25, 0.3) is 0 Å². The quantitative estimate of drug-likeness (QED) is 0.530. The zero-order chi connectivity index (χ0) is 22.0. The summed E-state index contributed by atoms with van der Waals surface area (Å²) in [4.78, 5) is 36.3. The molecule has 0 aromatic heterocycles. The van der Waals surface area contributed by atoms with Gasteiger partial charge in [-0.15, -0.1) is 0 Å². The molecule has 0 bridgehead atoms. The summed E-state index contributed by atoms with van der Waals surface area (Å²) in [7, 11) is 0. The number of carbonyl (C=O) groups is 3.